The number of hydrogen-bond acceptors (Lipinski definition) is 5. The first-order chi connectivity index (χ1) is 7.54. The summed E-state index contributed by atoms with van der Waals surface area (Å²) in [7, 11) is 0. The van der Waals surface area contributed by atoms with Gasteiger partial charge < -0.3 is 15.2 Å². The summed E-state index contributed by atoms with van der Waals surface area (Å²) < 4.78 is 4.63. The van der Waals surface area contributed by atoms with Crippen LogP contribution in [0.5, 0.6) is 0 Å². The molecule has 7 heteroatoms. The van der Waals surface area contributed by atoms with Crippen molar-refractivity contribution in [1.29, 1.82) is 0 Å². The van der Waals surface area contributed by atoms with Crippen LogP contribution >= 0.6 is 0 Å². The fraction of sp³-hybridized carbons (Fsp3) is 0.667. The molecule has 1 heterocycles. The summed E-state index contributed by atoms with van der Waals surface area (Å²) in [5.74, 6) is -0.963. The topological polar surface area (TPSA) is 95.9 Å². The lowest BCUT2D eigenvalue weighted by Crippen LogP contribution is -2.38. The van der Waals surface area contributed by atoms with Crippen molar-refractivity contribution in [1.82, 2.24) is 10.2 Å². The van der Waals surface area contributed by atoms with Crippen molar-refractivity contribution in [2.24, 2.45) is 0 Å². The van der Waals surface area contributed by atoms with E-state index in [0.29, 0.717) is 0 Å². The van der Waals surface area contributed by atoms with E-state index in [1.165, 1.54) is 0 Å². The maximum absolute atomic E-state index is 11.1. The molecular weight excluding hydrogens is 216 g/mol. The van der Waals surface area contributed by atoms with Crippen molar-refractivity contribution in [3.8, 4) is 0 Å². The summed E-state index contributed by atoms with van der Waals surface area (Å²) in [5.41, 5.74) is 0. The van der Waals surface area contributed by atoms with Crippen molar-refractivity contribution in [2.75, 3.05) is 19.7 Å². The zero-order chi connectivity index (χ0) is 12.1. The highest BCUT2D eigenvalue weighted by atomic mass is 16.5. The lowest BCUT2D eigenvalue weighted by atomic mass is 10.2. The van der Waals surface area contributed by atoms with Crippen LogP contribution in [-0.4, -0.2) is 53.7 Å². The number of rotatable bonds is 5. The largest absolute Gasteiger partial charge is 0.466 e. The lowest BCUT2D eigenvalue weighted by molar-refractivity contribution is -0.146. The molecule has 3 amide bonds. The van der Waals surface area contributed by atoms with Crippen LogP contribution in [-0.2, 0) is 14.3 Å². The molecule has 0 bridgehead atoms. The molecule has 0 spiro atoms. The van der Waals surface area contributed by atoms with Gasteiger partial charge >= 0.3 is 12.0 Å². The molecule has 0 radical (unpaired) electrons. The third-order valence-electron chi connectivity index (χ3n) is 2.04. The van der Waals surface area contributed by atoms with Gasteiger partial charge in [-0.25, -0.2) is 4.79 Å². The number of aliphatic hydroxyl groups excluding tert-OH is 1. The quantitative estimate of drug-likeness (QED) is 0.459. The van der Waals surface area contributed by atoms with E-state index in [1.54, 1.807) is 6.92 Å². The molecule has 0 aliphatic carbocycles. The van der Waals surface area contributed by atoms with E-state index < -0.39 is 24.0 Å². The van der Waals surface area contributed by atoms with Gasteiger partial charge in [0.25, 0.3) is 0 Å². The number of ether oxygens (including phenoxy) is 1. The van der Waals surface area contributed by atoms with Crippen LogP contribution in [0.4, 0.5) is 4.79 Å². The van der Waals surface area contributed by atoms with Gasteiger partial charge in [-0.05, 0) is 6.92 Å². The Balaban J connectivity index is 2.39. The van der Waals surface area contributed by atoms with E-state index in [2.05, 4.69) is 10.1 Å². The standard InChI is InChI=1S/C9H14N2O5/c1-2-16-8(14)3-6(12)5-11-7(13)4-10-9(11)15/h6,12H,2-5H2,1H3,(H,10,15). The number of β-amino-alcohol motifs (C(OH)–C–C–N with tert-alkyl or cyclic N) is 1. The number of nitrogens with one attached hydrogen (secondary N) is 1. The Morgan fingerprint density at radius 3 is 2.81 bits per heavy atom. The molecule has 7 nitrogen and oxygen atoms in total. The van der Waals surface area contributed by atoms with Crippen LogP contribution in [0, 0.1) is 0 Å². The predicted octanol–water partition coefficient (Wildman–Crippen LogP) is -1.15. The minimum absolute atomic E-state index is 0.0645. The molecule has 90 valence electrons. The minimum atomic E-state index is -1.09. The second-order valence-electron chi connectivity index (χ2n) is 3.33. The highest BCUT2D eigenvalue weighted by Crippen LogP contribution is 2.03. The summed E-state index contributed by atoms with van der Waals surface area (Å²) in [6.45, 7) is 1.63. The first-order valence-electron chi connectivity index (χ1n) is 4.96. The van der Waals surface area contributed by atoms with Gasteiger partial charge in [0.05, 0.1) is 32.2 Å². The maximum Gasteiger partial charge on any atom is 0.324 e. The fourth-order valence-electron chi connectivity index (χ4n) is 1.33. The lowest BCUT2D eigenvalue weighted by Gasteiger charge is -2.16. The van der Waals surface area contributed by atoms with Gasteiger partial charge in [0, 0.05) is 0 Å². The minimum Gasteiger partial charge on any atom is -0.466 e. The predicted molar refractivity (Wildman–Crippen MR) is 52.4 cm³/mol. The Kier molecular flexibility index (Phi) is 4.24. The third-order valence-corrected chi connectivity index (χ3v) is 2.04. The van der Waals surface area contributed by atoms with Gasteiger partial charge in [0.2, 0.25) is 5.91 Å². The summed E-state index contributed by atoms with van der Waals surface area (Å²) in [6, 6.07) is -0.548. The van der Waals surface area contributed by atoms with Crippen LogP contribution in [0.15, 0.2) is 0 Å². The average Bonchev–Trinajstić information content (AvgIpc) is 2.49. The molecule has 1 unspecified atom stereocenters. The SMILES string of the molecule is CCOC(=O)CC(O)CN1C(=O)CNC1=O. The normalized spacial score (nSPS) is 17.2. The molecule has 0 aromatic rings. The van der Waals surface area contributed by atoms with E-state index in [-0.39, 0.29) is 26.1 Å². The molecular formula is C9H14N2O5. The Labute approximate surface area is 92.4 Å². The molecule has 2 N–H and O–H groups in total. The number of nitrogens with zero attached hydrogens (tertiary/aromatic N) is 1. The number of amides is 3. The van der Waals surface area contributed by atoms with Crippen LogP contribution in [0.1, 0.15) is 13.3 Å². The number of carbonyl (C=O) groups excluding carboxylic acids is 3. The van der Waals surface area contributed by atoms with Gasteiger partial charge in [-0.1, -0.05) is 0 Å². The monoisotopic (exact) mass is 230 g/mol. The van der Waals surface area contributed by atoms with E-state index in [1.807, 2.05) is 0 Å². The highest BCUT2D eigenvalue weighted by molar-refractivity contribution is 6.01. The molecule has 0 saturated carbocycles. The van der Waals surface area contributed by atoms with E-state index in [4.69, 9.17) is 0 Å². The highest BCUT2D eigenvalue weighted by Gasteiger charge is 2.30. The second kappa shape index (κ2) is 5.45. The second-order valence-corrected chi connectivity index (χ2v) is 3.33. The summed E-state index contributed by atoms with van der Waals surface area (Å²) in [5, 5.41) is 11.8. The van der Waals surface area contributed by atoms with Gasteiger partial charge in [0.15, 0.2) is 0 Å². The molecule has 16 heavy (non-hydrogen) atoms. The number of carbonyl (C=O) groups is 3. The van der Waals surface area contributed by atoms with Gasteiger partial charge in [-0.2, -0.15) is 0 Å². The van der Waals surface area contributed by atoms with Crippen LogP contribution in [0.2, 0.25) is 0 Å². The van der Waals surface area contributed by atoms with Crippen molar-refractivity contribution in [2.45, 2.75) is 19.4 Å². The van der Waals surface area contributed by atoms with Crippen molar-refractivity contribution < 1.29 is 24.2 Å². The summed E-state index contributed by atoms with van der Waals surface area (Å²) >= 11 is 0. The number of aliphatic hydroxyl groups is 1. The fourth-order valence-corrected chi connectivity index (χ4v) is 1.33. The van der Waals surface area contributed by atoms with E-state index in [0.717, 1.165) is 4.90 Å². The molecule has 1 aliphatic rings. The van der Waals surface area contributed by atoms with Crippen molar-refractivity contribution >= 4 is 17.9 Å². The third kappa shape index (κ3) is 3.20. The number of hydrogen-bond donors (Lipinski definition) is 2. The Morgan fingerprint density at radius 1 is 1.62 bits per heavy atom. The van der Waals surface area contributed by atoms with Crippen LogP contribution < -0.4 is 5.32 Å². The van der Waals surface area contributed by atoms with Crippen molar-refractivity contribution in [3.05, 3.63) is 0 Å². The molecule has 1 rings (SSSR count). The number of esters is 1. The van der Waals surface area contributed by atoms with Crippen molar-refractivity contribution in [3.63, 3.8) is 0 Å². The van der Waals surface area contributed by atoms with E-state index in [9.17, 15) is 19.5 Å². The first kappa shape index (κ1) is 12.4. The molecule has 1 saturated heterocycles. The number of urea groups is 1. The zero-order valence-electron chi connectivity index (χ0n) is 8.93. The Hall–Kier alpha value is -1.63. The molecule has 0 aromatic carbocycles. The van der Waals surface area contributed by atoms with E-state index >= 15 is 0 Å². The average molecular weight is 230 g/mol. The zero-order valence-corrected chi connectivity index (χ0v) is 8.93. The van der Waals surface area contributed by atoms with Gasteiger partial charge in [-0.15, -0.1) is 0 Å². The maximum atomic E-state index is 11.1. The van der Waals surface area contributed by atoms with Crippen LogP contribution in [0.3, 0.4) is 0 Å². The molecule has 1 fully saturated rings. The van der Waals surface area contributed by atoms with Crippen LogP contribution in [0.25, 0.3) is 0 Å². The molecule has 1 atom stereocenters. The van der Waals surface area contributed by atoms with Gasteiger partial charge in [0.1, 0.15) is 0 Å². The Morgan fingerprint density at radius 2 is 2.31 bits per heavy atom. The first-order valence-corrected chi connectivity index (χ1v) is 4.96. The smallest absolute Gasteiger partial charge is 0.324 e. The summed E-state index contributed by atoms with van der Waals surface area (Å²) in [4.78, 5) is 34.1. The molecule has 0 aromatic heterocycles. The van der Waals surface area contributed by atoms with Gasteiger partial charge in [-0.3, -0.25) is 14.5 Å². The molecule has 1 aliphatic heterocycles. The number of imide groups is 1. The summed E-state index contributed by atoms with van der Waals surface area (Å²) in [6.07, 6.45) is -1.32. The Bertz CT molecular complexity index is 288.